The molecular weight excluding hydrogens is 374 g/mol. The molecule has 0 spiro atoms. The van der Waals surface area contributed by atoms with Crippen LogP contribution in [0.2, 0.25) is 0 Å². The molecule has 0 aliphatic heterocycles. The average molecular weight is 408 g/mol. The highest BCUT2D eigenvalue weighted by atomic mass is 16.5. The number of nitrogens with zero attached hydrogens (tertiary/aromatic N) is 3. The zero-order valence-corrected chi connectivity index (χ0v) is 18.5. The van der Waals surface area contributed by atoms with Crippen LogP contribution in [0.3, 0.4) is 0 Å². The van der Waals surface area contributed by atoms with Gasteiger partial charge in [0.2, 0.25) is 5.88 Å². The number of hydrogen-bond acceptors (Lipinski definition) is 4. The summed E-state index contributed by atoms with van der Waals surface area (Å²) >= 11 is 0. The van der Waals surface area contributed by atoms with Gasteiger partial charge < -0.3 is 9.84 Å². The fourth-order valence-corrected chi connectivity index (χ4v) is 3.62. The molecule has 5 nitrogen and oxygen atoms in total. The first-order chi connectivity index (χ1) is 14.5. The van der Waals surface area contributed by atoms with Crippen LogP contribution in [-0.2, 0) is 13.6 Å². The molecule has 0 radical (unpaired) electrons. The standard InChI is InChI=1S/C25H33N3O2/c1-5-21(29)17-28(16-19(2)3)18-23-24(20-12-8-6-9-13-20)26-27(4)25(23)30-22-14-10-7-11-15-22/h6-15,19,21,29H,5,16-18H2,1-4H3/t21-/m1/s1. The lowest BCUT2D eigenvalue weighted by Crippen LogP contribution is -2.34. The minimum absolute atomic E-state index is 0.348. The Morgan fingerprint density at radius 3 is 2.23 bits per heavy atom. The molecule has 0 fully saturated rings. The molecule has 3 rings (SSSR count). The predicted molar refractivity (Wildman–Crippen MR) is 122 cm³/mol. The van der Waals surface area contributed by atoms with E-state index >= 15 is 0 Å². The Bertz CT molecular complexity index is 907. The van der Waals surface area contributed by atoms with Crippen LogP contribution in [0.1, 0.15) is 32.8 Å². The maximum atomic E-state index is 10.3. The fourth-order valence-electron chi connectivity index (χ4n) is 3.62. The van der Waals surface area contributed by atoms with Gasteiger partial charge in [0, 0.05) is 32.2 Å². The highest BCUT2D eigenvalue weighted by Gasteiger charge is 2.23. The first-order valence-electron chi connectivity index (χ1n) is 10.7. The van der Waals surface area contributed by atoms with Gasteiger partial charge in [-0.25, -0.2) is 4.68 Å². The van der Waals surface area contributed by atoms with Crippen LogP contribution in [0.5, 0.6) is 11.6 Å². The number of para-hydroxylation sites is 1. The Morgan fingerprint density at radius 1 is 1.00 bits per heavy atom. The lowest BCUT2D eigenvalue weighted by molar-refractivity contribution is 0.0982. The Hall–Kier alpha value is -2.63. The van der Waals surface area contributed by atoms with E-state index in [0.717, 1.165) is 41.4 Å². The second-order valence-corrected chi connectivity index (χ2v) is 8.19. The molecule has 1 heterocycles. The summed E-state index contributed by atoms with van der Waals surface area (Å²) in [5, 5.41) is 15.1. The second-order valence-electron chi connectivity index (χ2n) is 8.19. The molecule has 1 N–H and O–H groups in total. The first kappa shape index (κ1) is 22.1. The summed E-state index contributed by atoms with van der Waals surface area (Å²) in [6, 6.07) is 20.0. The third-order valence-electron chi connectivity index (χ3n) is 5.04. The molecule has 5 heteroatoms. The van der Waals surface area contributed by atoms with E-state index in [1.54, 1.807) is 0 Å². The predicted octanol–water partition coefficient (Wildman–Crippen LogP) is 5.11. The number of aliphatic hydroxyl groups excluding tert-OH is 1. The van der Waals surface area contributed by atoms with Gasteiger partial charge in [-0.05, 0) is 24.5 Å². The SMILES string of the molecule is CC[C@@H](O)CN(Cc1c(-c2ccccc2)nn(C)c1Oc1ccccc1)CC(C)C. The van der Waals surface area contributed by atoms with Gasteiger partial charge in [-0.3, -0.25) is 4.90 Å². The number of aromatic nitrogens is 2. The van der Waals surface area contributed by atoms with E-state index in [2.05, 4.69) is 30.9 Å². The molecule has 160 valence electrons. The number of hydrogen-bond donors (Lipinski definition) is 1. The van der Waals surface area contributed by atoms with Crippen molar-refractivity contribution in [1.29, 1.82) is 0 Å². The van der Waals surface area contributed by atoms with E-state index in [0.29, 0.717) is 19.0 Å². The lowest BCUT2D eigenvalue weighted by Gasteiger charge is -2.26. The van der Waals surface area contributed by atoms with Crippen molar-refractivity contribution in [3.05, 3.63) is 66.2 Å². The van der Waals surface area contributed by atoms with E-state index in [4.69, 9.17) is 9.84 Å². The first-order valence-corrected chi connectivity index (χ1v) is 10.7. The molecule has 0 aliphatic carbocycles. The molecular formula is C25H33N3O2. The van der Waals surface area contributed by atoms with Crippen molar-refractivity contribution in [2.75, 3.05) is 13.1 Å². The zero-order chi connectivity index (χ0) is 21.5. The number of aliphatic hydroxyl groups is 1. The van der Waals surface area contributed by atoms with E-state index in [-0.39, 0.29) is 6.10 Å². The van der Waals surface area contributed by atoms with Crippen LogP contribution in [0.25, 0.3) is 11.3 Å². The van der Waals surface area contributed by atoms with Gasteiger partial charge in [-0.1, -0.05) is 69.3 Å². The summed E-state index contributed by atoms with van der Waals surface area (Å²) in [4.78, 5) is 2.31. The summed E-state index contributed by atoms with van der Waals surface area (Å²) in [6.45, 7) is 8.60. The number of aryl methyl sites for hydroxylation is 1. The summed E-state index contributed by atoms with van der Waals surface area (Å²) < 4.78 is 8.10. The maximum Gasteiger partial charge on any atom is 0.222 e. The minimum atomic E-state index is -0.348. The van der Waals surface area contributed by atoms with Gasteiger partial charge in [0.25, 0.3) is 0 Å². The van der Waals surface area contributed by atoms with Gasteiger partial charge in [0.1, 0.15) is 11.4 Å². The van der Waals surface area contributed by atoms with Gasteiger partial charge >= 0.3 is 0 Å². The number of rotatable bonds is 10. The largest absolute Gasteiger partial charge is 0.439 e. The monoisotopic (exact) mass is 407 g/mol. The molecule has 1 aromatic heterocycles. The molecule has 3 aromatic rings. The van der Waals surface area contributed by atoms with Crippen molar-refractivity contribution in [2.24, 2.45) is 13.0 Å². The van der Waals surface area contributed by atoms with E-state index < -0.39 is 0 Å². The van der Waals surface area contributed by atoms with Crippen molar-refractivity contribution in [2.45, 2.75) is 39.8 Å². The van der Waals surface area contributed by atoms with Crippen LogP contribution < -0.4 is 4.74 Å². The highest BCUT2D eigenvalue weighted by Crippen LogP contribution is 2.34. The highest BCUT2D eigenvalue weighted by molar-refractivity contribution is 5.65. The smallest absolute Gasteiger partial charge is 0.222 e. The summed E-state index contributed by atoms with van der Waals surface area (Å²) in [7, 11) is 1.92. The van der Waals surface area contributed by atoms with Crippen LogP contribution in [0.15, 0.2) is 60.7 Å². The average Bonchev–Trinajstić information content (AvgIpc) is 3.04. The second kappa shape index (κ2) is 10.4. The Balaban J connectivity index is 2.01. The number of ether oxygens (including phenoxy) is 1. The van der Waals surface area contributed by atoms with E-state index in [1.165, 1.54) is 0 Å². The lowest BCUT2D eigenvalue weighted by atomic mass is 10.1. The summed E-state index contributed by atoms with van der Waals surface area (Å²) in [5.41, 5.74) is 3.02. The Labute approximate surface area is 179 Å². The molecule has 30 heavy (non-hydrogen) atoms. The normalized spacial score (nSPS) is 12.5. The molecule has 0 bridgehead atoms. The van der Waals surface area contributed by atoms with E-state index in [1.807, 2.05) is 67.2 Å². The maximum absolute atomic E-state index is 10.3. The zero-order valence-electron chi connectivity index (χ0n) is 18.5. The van der Waals surface area contributed by atoms with Crippen LogP contribution in [-0.4, -0.2) is 39.0 Å². The van der Waals surface area contributed by atoms with E-state index in [9.17, 15) is 5.11 Å². The van der Waals surface area contributed by atoms with Crippen LogP contribution >= 0.6 is 0 Å². The van der Waals surface area contributed by atoms with Crippen molar-refractivity contribution >= 4 is 0 Å². The van der Waals surface area contributed by atoms with Crippen LogP contribution in [0.4, 0.5) is 0 Å². The van der Waals surface area contributed by atoms with Crippen molar-refractivity contribution in [1.82, 2.24) is 14.7 Å². The third-order valence-corrected chi connectivity index (χ3v) is 5.04. The van der Waals surface area contributed by atoms with Crippen molar-refractivity contribution in [3.8, 4) is 22.9 Å². The molecule has 2 aromatic carbocycles. The van der Waals surface area contributed by atoms with Crippen molar-refractivity contribution in [3.63, 3.8) is 0 Å². The quantitative estimate of drug-likeness (QED) is 0.507. The number of benzene rings is 2. The third kappa shape index (κ3) is 5.71. The Morgan fingerprint density at radius 2 is 1.63 bits per heavy atom. The molecule has 0 saturated heterocycles. The minimum Gasteiger partial charge on any atom is -0.439 e. The van der Waals surface area contributed by atoms with Gasteiger partial charge in [-0.2, -0.15) is 5.10 Å². The fraction of sp³-hybridized carbons (Fsp3) is 0.400. The molecule has 0 unspecified atom stereocenters. The molecule has 1 atom stereocenters. The molecule has 0 aliphatic rings. The summed E-state index contributed by atoms with van der Waals surface area (Å²) in [5.74, 6) is 2.01. The Kier molecular flexibility index (Phi) is 7.66. The van der Waals surface area contributed by atoms with Gasteiger partial charge in [-0.15, -0.1) is 0 Å². The van der Waals surface area contributed by atoms with Crippen molar-refractivity contribution < 1.29 is 9.84 Å². The summed E-state index contributed by atoms with van der Waals surface area (Å²) in [6.07, 6.45) is 0.389. The van der Waals surface area contributed by atoms with Gasteiger partial charge in [0.15, 0.2) is 0 Å². The van der Waals surface area contributed by atoms with Crippen LogP contribution in [0, 0.1) is 5.92 Å². The topological polar surface area (TPSA) is 50.5 Å². The molecule has 0 amide bonds. The van der Waals surface area contributed by atoms with Gasteiger partial charge in [0.05, 0.1) is 11.7 Å². The molecule has 0 saturated carbocycles.